The van der Waals surface area contributed by atoms with Crippen LogP contribution in [0.4, 0.5) is 0 Å². The highest BCUT2D eigenvalue weighted by molar-refractivity contribution is 7.24. The molecule has 3 aromatic carbocycles. The fraction of sp³-hybridized carbons (Fsp3) is 0. The van der Waals surface area contributed by atoms with Crippen LogP contribution in [0, 0.1) is 0 Å². The summed E-state index contributed by atoms with van der Waals surface area (Å²) in [4.78, 5) is 12.6. The number of hydrogen-bond donors (Lipinski definition) is 1. The minimum absolute atomic E-state index is 0.0278. The third-order valence-corrected chi connectivity index (χ3v) is 4.72. The van der Waals surface area contributed by atoms with Gasteiger partial charge in [0.2, 0.25) is 0 Å². The number of hydrogen-bond acceptors (Lipinski definition) is 4. The van der Waals surface area contributed by atoms with E-state index in [4.69, 9.17) is 4.74 Å². The Hall–Kier alpha value is -2.85. The predicted octanol–water partition coefficient (Wildman–Crippen LogP) is 4.91. The van der Waals surface area contributed by atoms with Crippen molar-refractivity contribution in [3.05, 3.63) is 77.0 Å². The first-order chi connectivity index (χ1) is 11.2. The standard InChI is InChI=1S/C19H12O3S/c20-12-6-8-15-17(10-12)23-18-11-14(7-9-16(18)19(15)21)22-13-4-2-1-3-5-13/h1-11,20H. The molecule has 1 aromatic heterocycles. The molecule has 4 rings (SSSR count). The third-order valence-electron chi connectivity index (χ3n) is 3.61. The van der Waals surface area contributed by atoms with E-state index in [1.54, 1.807) is 24.3 Å². The SMILES string of the molecule is O=c1c2ccc(O)cc2sc2cc(Oc3ccccc3)ccc12. The molecule has 112 valence electrons. The Kier molecular flexibility index (Phi) is 3.24. The number of phenols is 1. The van der Waals surface area contributed by atoms with Gasteiger partial charge >= 0.3 is 0 Å². The van der Waals surface area contributed by atoms with Gasteiger partial charge in [-0.2, -0.15) is 0 Å². The van der Waals surface area contributed by atoms with E-state index in [1.807, 2.05) is 36.4 Å². The maximum Gasteiger partial charge on any atom is 0.195 e. The lowest BCUT2D eigenvalue weighted by molar-refractivity contribution is 0.476. The molecular formula is C19H12O3S. The van der Waals surface area contributed by atoms with E-state index in [0.717, 1.165) is 15.1 Å². The number of phenolic OH excluding ortho intramolecular Hbond substituents is 1. The van der Waals surface area contributed by atoms with Gasteiger partial charge in [0.05, 0.1) is 0 Å². The Morgan fingerprint density at radius 1 is 0.783 bits per heavy atom. The van der Waals surface area contributed by atoms with Gasteiger partial charge in [-0.15, -0.1) is 11.3 Å². The number of aromatic hydroxyl groups is 1. The van der Waals surface area contributed by atoms with Crippen molar-refractivity contribution in [2.45, 2.75) is 0 Å². The van der Waals surface area contributed by atoms with Crippen molar-refractivity contribution in [1.29, 1.82) is 0 Å². The average Bonchev–Trinajstić information content (AvgIpc) is 2.55. The third kappa shape index (κ3) is 2.53. The molecule has 1 N–H and O–H groups in total. The molecule has 0 aliphatic rings. The Morgan fingerprint density at radius 3 is 2.26 bits per heavy atom. The summed E-state index contributed by atoms with van der Waals surface area (Å²) < 4.78 is 7.42. The van der Waals surface area contributed by atoms with Crippen LogP contribution in [0.25, 0.3) is 20.2 Å². The van der Waals surface area contributed by atoms with Crippen LogP contribution in [0.3, 0.4) is 0 Å². The van der Waals surface area contributed by atoms with Gasteiger partial charge < -0.3 is 9.84 Å². The van der Waals surface area contributed by atoms with Gasteiger partial charge in [-0.05, 0) is 48.5 Å². The Labute approximate surface area is 136 Å². The van der Waals surface area contributed by atoms with Crippen molar-refractivity contribution in [3.63, 3.8) is 0 Å². The number of rotatable bonds is 2. The van der Waals surface area contributed by atoms with Gasteiger partial charge in [0.15, 0.2) is 5.43 Å². The fourth-order valence-electron chi connectivity index (χ4n) is 2.51. The summed E-state index contributed by atoms with van der Waals surface area (Å²) in [5, 5.41) is 10.9. The van der Waals surface area contributed by atoms with Crippen LogP contribution in [-0.4, -0.2) is 5.11 Å². The molecule has 0 amide bonds. The average molecular weight is 320 g/mol. The van der Waals surface area contributed by atoms with Crippen LogP contribution in [0.15, 0.2) is 71.5 Å². The van der Waals surface area contributed by atoms with Crippen molar-refractivity contribution < 1.29 is 9.84 Å². The zero-order valence-corrected chi connectivity index (χ0v) is 12.8. The topological polar surface area (TPSA) is 46.5 Å². The lowest BCUT2D eigenvalue weighted by Gasteiger charge is -2.07. The van der Waals surface area contributed by atoms with Crippen molar-refractivity contribution in [2.75, 3.05) is 0 Å². The molecule has 1 heterocycles. The fourth-order valence-corrected chi connectivity index (χ4v) is 3.64. The molecule has 0 spiro atoms. The van der Waals surface area contributed by atoms with E-state index in [-0.39, 0.29) is 11.2 Å². The van der Waals surface area contributed by atoms with Gasteiger partial charge in [0.1, 0.15) is 17.2 Å². The molecule has 0 radical (unpaired) electrons. The maximum absolute atomic E-state index is 12.6. The number of ether oxygens (including phenoxy) is 1. The van der Waals surface area contributed by atoms with E-state index in [2.05, 4.69) is 0 Å². The normalized spacial score (nSPS) is 11.0. The number of fused-ring (bicyclic) bond motifs is 2. The summed E-state index contributed by atoms with van der Waals surface area (Å²) >= 11 is 1.46. The van der Waals surface area contributed by atoms with Crippen LogP contribution in [-0.2, 0) is 0 Å². The lowest BCUT2D eigenvalue weighted by atomic mass is 10.2. The van der Waals surface area contributed by atoms with E-state index >= 15 is 0 Å². The zero-order chi connectivity index (χ0) is 15.8. The van der Waals surface area contributed by atoms with E-state index in [1.165, 1.54) is 17.4 Å². The summed E-state index contributed by atoms with van der Waals surface area (Å²) in [6.45, 7) is 0. The Bertz CT molecular complexity index is 1070. The number of para-hydroxylation sites is 1. The van der Waals surface area contributed by atoms with Gasteiger partial charge in [-0.3, -0.25) is 4.79 Å². The maximum atomic E-state index is 12.6. The van der Waals surface area contributed by atoms with Gasteiger partial charge in [-0.25, -0.2) is 0 Å². The Balaban J connectivity index is 1.88. The molecule has 0 unspecified atom stereocenters. The molecule has 23 heavy (non-hydrogen) atoms. The first kappa shape index (κ1) is 13.8. The van der Waals surface area contributed by atoms with Crippen LogP contribution in [0.5, 0.6) is 17.2 Å². The number of benzene rings is 3. The first-order valence-corrected chi connectivity index (χ1v) is 7.95. The van der Waals surface area contributed by atoms with E-state index < -0.39 is 0 Å². The summed E-state index contributed by atoms with van der Waals surface area (Å²) in [7, 11) is 0. The lowest BCUT2D eigenvalue weighted by Crippen LogP contribution is -2.00. The first-order valence-electron chi connectivity index (χ1n) is 7.13. The van der Waals surface area contributed by atoms with Crippen molar-refractivity contribution in [1.82, 2.24) is 0 Å². The second-order valence-corrected chi connectivity index (χ2v) is 6.27. The van der Waals surface area contributed by atoms with Crippen LogP contribution < -0.4 is 10.2 Å². The molecular weight excluding hydrogens is 308 g/mol. The molecule has 0 saturated carbocycles. The minimum Gasteiger partial charge on any atom is -0.508 e. The van der Waals surface area contributed by atoms with E-state index in [0.29, 0.717) is 16.5 Å². The van der Waals surface area contributed by atoms with Gasteiger partial charge in [0, 0.05) is 20.2 Å². The summed E-state index contributed by atoms with van der Waals surface area (Å²) in [6, 6.07) is 19.8. The Morgan fingerprint density at radius 2 is 1.48 bits per heavy atom. The highest BCUT2D eigenvalue weighted by Crippen LogP contribution is 2.31. The highest BCUT2D eigenvalue weighted by atomic mass is 32.1. The monoisotopic (exact) mass is 320 g/mol. The van der Waals surface area contributed by atoms with Crippen LogP contribution in [0.2, 0.25) is 0 Å². The molecule has 0 bridgehead atoms. The molecule has 0 fully saturated rings. The van der Waals surface area contributed by atoms with Crippen molar-refractivity contribution in [3.8, 4) is 17.2 Å². The molecule has 0 saturated heterocycles. The van der Waals surface area contributed by atoms with Gasteiger partial charge in [-0.1, -0.05) is 18.2 Å². The minimum atomic E-state index is -0.0278. The second-order valence-electron chi connectivity index (χ2n) is 5.18. The molecule has 0 aliphatic heterocycles. The molecule has 0 atom stereocenters. The molecule has 3 nitrogen and oxygen atoms in total. The largest absolute Gasteiger partial charge is 0.508 e. The quantitative estimate of drug-likeness (QED) is 0.534. The zero-order valence-electron chi connectivity index (χ0n) is 12.0. The highest BCUT2D eigenvalue weighted by Gasteiger charge is 2.08. The van der Waals surface area contributed by atoms with E-state index in [9.17, 15) is 9.90 Å². The second kappa shape index (κ2) is 5.41. The van der Waals surface area contributed by atoms with Crippen molar-refractivity contribution >= 4 is 31.5 Å². The summed E-state index contributed by atoms with van der Waals surface area (Å²) in [6.07, 6.45) is 0. The van der Waals surface area contributed by atoms with Crippen LogP contribution >= 0.6 is 11.3 Å². The molecule has 4 heteroatoms. The predicted molar refractivity (Wildman–Crippen MR) is 93.8 cm³/mol. The van der Waals surface area contributed by atoms with Crippen molar-refractivity contribution in [2.24, 2.45) is 0 Å². The van der Waals surface area contributed by atoms with Crippen LogP contribution in [0.1, 0.15) is 0 Å². The van der Waals surface area contributed by atoms with Gasteiger partial charge in [0.25, 0.3) is 0 Å². The smallest absolute Gasteiger partial charge is 0.195 e. The molecule has 0 aliphatic carbocycles. The summed E-state index contributed by atoms with van der Waals surface area (Å²) in [5.74, 6) is 1.58. The summed E-state index contributed by atoms with van der Waals surface area (Å²) in [5.41, 5.74) is -0.0278. The molecule has 4 aromatic rings.